The molecule has 2 atom stereocenters. The van der Waals surface area contributed by atoms with Gasteiger partial charge >= 0.3 is 0 Å². The summed E-state index contributed by atoms with van der Waals surface area (Å²) in [6.07, 6.45) is 4.41. The van der Waals surface area contributed by atoms with Crippen molar-refractivity contribution >= 4 is 27.5 Å². The Balaban J connectivity index is 1.32. The Morgan fingerprint density at radius 2 is 1.78 bits per heavy atom. The summed E-state index contributed by atoms with van der Waals surface area (Å²) in [6, 6.07) is 16.7. The maximum atomic E-state index is 13.1. The molecule has 0 aromatic heterocycles. The van der Waals surface area contributed by atoms with E-state index in [0.717, 1.165) is 18.4 Å². The van der Waals surface area contributed by atoms with Crippen molar-refractivity contribution < 1.29 is 22.7 Å². The van der Waals surface area contributed by atoms with Gasteiger partial charge in [-0.1, -0.05) is 42.5 Å². The number of ether oxygens (including phenoxy) is 1. The molecule has 2 N–H and O–H groups in total. The molecule has 8 nitrogen and oxygen atoms in total. The van der Waals surface area contributed by atoms with Crippen molar-refractivity contribution in [3.63, 3.8) is 0 Å². The van der Waals surface area contributed by atoms with E-state index in [4.69, 9.17) is 4.74 Å². The fourth-order valence-corrected chi connectivity index (χ4v) is 6.36. The standard InChI is InChI=1S/C27H35N3O5S/c31-26(29-25-15-5-4-14-24(25)27(32)28-19-23-13-7-17-35-23)22-12-6-16-30(20-22)36(33,34)18-8-11-21-9-2-1-3-10-21/h1-5,9-10,14-15,22-23H,6-8,11-13,16-20H2,(H,28,32)(H,29,31)/t22-,23-/m1/s1. The summed E-state index contributed by atoms with van der Waals surface area (Å²) in [5.74, 6) is -0.943. The van der Waals surface area contributed by atoms with E-state index < -0.39 is 15.9 Å². The minimum absolute atomic E-state index is 0.0265. The molecule has 194 valence electrons. The lowest BCUT2D eigenvalue weighted by Crippen LogP contribution is -2.44. The Kier molecular flexibility index (Phi) is 9.12. The van der Waals surface area contributed by atoms with E-state index >= 15 is 0 Å². The van der Waals surface area contributed by atoms with Crippen LogP contribution in [0.4, 0.5) is 5.69 Å². The minimum Gasteiger partial charge on any atom is -0.376 e. The maximum Gasteiger partial charge on any atom is 0.253 e. The first-order valence-corrected chi connectivity index (χ1v) is 14.3. The molecular formula is C27H35N3O5S. The Morgan fingerprint density at radius 3 is 2.56 bits per heavy atom. The van der Waals surface area contributed by atoms with E-state index in [-0.39, 0.29) is 30.2 Å². The summed E-state index contributed by atoms with van der Waals surface area (Å²) in [5.41, 5.74) is 1.92. The largest absolute Gasteiger partial charge is 0.376 e. The number of carbonyl (C=O) groups is 2. The summed E-state index contributed by atoms with van der Waals surface area (Å²) >= 11 is 0. The molecule has 2 fully saturated rings. The zero-order valence-electron chi connectivity index (χ0n) is 20.5. The van der Waals surface area contributed by atoms with Crippen LogP contribution in [0.25, 0.3) is 0 Å². The molecule has 2 heterocycles. The molecule has 0 unspecified atom stereocenters. The Morgan fingerprint density at radius 1 is 1.00 bits per heavy atom. The van der Waals surface area contributed by atoms with Crippen molar-refractivity contribution in [1.82, 2.24) is 9.62 Å². The number of nitrogens with zero attached hydrogens (tertiary/aromatic N) is 1. The van der Waals surface area contributed by atoms with Gasteiger partial charge in [-0.2, -0.15) is 0 Å². The van der Waals surface area contributed by atoms with Gasteiger partial charge in [0.2, 0.25) is 15.9 Å². The normalized spacial score (nSPS) is 20.7. The van der Waals surface area contributed by atoms with Gasteiger partial charge in [0.1, 0.15) is 0 Å². The van der Waals surface area contributed by atoms with Gasteiger partial charge in [-0.05, 0) is 56.2 Å². The summed E-state index contributed by atoms with van der Waals surface area (Å²) in [6.45, 7) is 1.74. The molecule has 0 saturated carbocycles. The smallest absolute Gasteiger partial charge is 0.253 e. The van der Waals surface area contributed by atoms with Gasteiger partial charge in [0.05, 0.1) is 29.0 Å². The van der Waals surface area contributed by atoms with Crippen molar-refractivity contribution in [3.8, 4) is 0 Å². The molecule has 36 heavy (non-hydrogen) atoms. The van der Waals surface area contributed by atoms with Crippen molar-refractivity contribution in [2.75, 3.05) is 37.3 Å². The molecule has 9 heteroatoms. The second kappa shape index (κ2) is 12.5. The van der Waals surface area contributed by atoms with Crippen LogP contribution in [-0.4, -0.2) is 62.6 Å². The topological polar surface area (TPSA) is 105 Å². The Hall–Kier alpha value is -2.75. The molecule has 0 bridgehead atoms. The molecule has 2 aliphatic heterocycles. The second-order valence-corrected chi connectivity index (χ2v) is 11.6. The molecular weight excluding hydrogens is 478 g/mol. The summed E-state index contributed by atoms with van der Waals surface area (Å²) in [4.78, 5) is 25.9. The third-order valence-electron chi connectivity index (χ3n) is 6.80. The first-order chi connectivity index (χ1) is 17.4. The van der Waals surface area contributed by atoms with Crippen molar-refractivity contribution in [2.45, 2.75) is 44.6 Å². The molecule has 2 amide bonds. The van der Waals surface area contributed by atoms with Crippen molar-refractivity contribution in [3.05, 3.63) is 65.7 Å². The van der Waals surface area contributed by atoms with E-state index in [1.54, 1.807) is 24.3 Å². The van der Waals surface area contributed by atoms with Gasteiger partial charge in [0, 0.05) is 26.2 Å². The van der Waals surface area contributed by atoms with Crippen LogP contribution in [0, 0.1) is 5.92 Å². The van der Waals surface area contributed by atoms with Gasteiger partial charge in [0.25, 0.3) is 5.91 Å². The monoisotopic (exact) mass is 513 g/mol. The average molecular weight is 514 g/mol. The summed E-state index contributed by atoms with van der Waals surface area (Å²) in [7, 11) is -3.45. The van der Waals surface area contributed by atoms with Crippen molar-refractivity contribution in [2.24, 2.45) is 5.92 Å². The summed E-state index contributed by atoms with van der Waals surface area (Å²) < 4.78 is 32.9. The van der Waals surface area contributed by atoms with Gasteiger partial charge in [-0.15, -0.1) is 0 Å². The second-order valence-electron chi connectivity index (χ2n) is 9.48. The fourth-order valence-electron chi connectivity index (χ4n) is 4.77. The van der Waals surface area contributed by atoms with Gasteiger partial charge in [0.15, 0.2) is 0 Å². The van der Waals surface area contributed by atoms with Gasteiger partial charge < -0.3 is 15.4 Å². The minimum atomic E-state index is -3.45. The van der Waals surface area contributed by atoms with Crippen LogP contribution in [0.5, 0.6) is 0 Å². The number of aryl methyl sites for hydroxylation is 1. The number of hydrogen-bond donors (Lipinski definition) is 2. The lowest BCUT2D eigenvalue weighted by Gasteiger charge is -2.31. The van der Waals surface area contributed by atoms with Crippen LogP contribution in [-0.2, 0) is 26.0 Å². The number of para-hydroxylation sites is 1. The van der Waals surface area contributed by atoms with Crippen molar-refractivity contribution in [1.29, 1.82) is 0 Å². The van der Waals surface area contributed by atoms with Crippen LogP contribution >= 0.6 is 0 Å². The van der Waals surface area contributed by atoms with Crippen LogP contribution < -0.4 is 10.6 Å². The Labute approximate surface area is 213 Å². The van der Waals surface area contributed by atoms with E-state index in [2.05, 4.69) is 10.6 Å². The summed E-state index contributed by atoms with van der Waals surface area (Å²) in [5, 5.41) is 5.76. The molecule has 4 rings (SSSR count). The van der Waals surface area contributed by atoms with Gasteiger partial charge in [-0.3, -0.25) is 9.59 Å². The highest BCUT2D eigenvalue weighted by Gasteiger charge is 2.32. The molecule has 0 aliphatic carbocycles. The molecule has 2 saturated heterocycles. The molecule has 0 radical (unpaired) electrons. The highest BCUT2D eigenvalue weighted by molar-refractivity contribution is 7.89. The number of rotatable bonds is 10. The highest BCUT2D eigenvalue weighted by Crippen LogP contribution is 2.23. The predicted octanol–water partition coefficient (Wildman–Crippen LogP) is 3.21. The van der Waals surface area contributed by atoms with Crippen LogP contribution in [0.1, 0.15) is 48.0 Å². The SMILES string of the molecule is O=C(NC[C@H]1CCCO1)c1ccccc1NC(=O)[C@@H]1CCCN(S(=O)(=O)CCCc2ccccc2)C1. The fraction of sp³-hybridized carbons (Fsp3) is 0.481. The molecule has 2 aromatic rings. The number of piperidine rings is 1. The third-order valence-corrected chi connectivity index (χ3v) is 8.73. The van der Waals surface area contributed by atoms with Crippen LogP contribution in [0.3, 0.4) is 0 Å². The average Bonchev–Trinajstić information content (AvgIpc) is 3.42. The zero-order chi connectivity index (χ0) is 25.4. The third kappa shape index (κ3) is 7.15. The number of sulfonamides is 1. The number of carbonyl (C=O) groups excluding carboxylic acids is 2. The van der Waals surface area contributed by atoms with Gasteiger partial charge in [-0.25, -0.2) is 12.7 Å². The number of nitrogens with one attached hydrogen (secondary N) is 2. The van der Waals surface area contributed by atoms with Crippen LogP contribution in [0.15, 0.2) is 54.6 Å². The lowest BCUT2D eigenvalue weighted by atomic mass is 9.98. The van der Waals surface area contributed by atoms with E-state index in [1.165, 1.54) is 4.31 Å². The first kappa shape index (κ1) is 26.3. The lowest BCUT2D eigenvalue weighted by molar-refractivity contribution is -0.120. The number of anilines is 1. The highest BCUT2D eigenvalue weighted by atomic mass is 32.2. The number of hydrogen-bond acceptors (Lipinski definition) is 5. The number of benzene rings is 2. The Bertz CT molecular complexity index is 1130. The molecule has 0 spiro atoms. The van der Waals surface area contributed by atoms with Crippen LogP contribution in [0.2, 0.25) is 0 Å². The van der Waals surface area contributed by atoms with E-state index in [9.17, 15) is 18.0 Å². The zero-order valence-corrected chi connectivity index (χ0v) is 21.3. The first-order valence-electron chi connectivity index (χ1n) is 12.7. The predicted molar refractivity (Wildman–Crippen MR) is 139 cm³/mol. The molecule has 2 aromatic carbocycles. The molecule has 2 aliphatic rings. The quantitative estimate of drug-likeness (QED) is 0.508. The maximum absolute atomic E-state index is 13.1. The van der Waals surface area contributed by atoms with E-state index in [0.29, 0.717) is 56.6 Å². The number of amides is 2. The van der Waals surface area contributed by atoms with E-state index in [1.807, 2.05) is 30.3 Å².